The number of aryl methyl sites for hydroxylation is 1. The van der Waals surface area contributed by atoms with Crippen molar-refractivity contribution in [3.8, 4) is 0 Å². The minimum absolute atomic E-state index is 0.000281. The van der Waals surface area contributed by atoms with Crippen molar-refractivity contribution in [2.24, 2.45) is 0 Å². The van der Waals surface area contributed by atoms with Crippen LogP contribution in [0.2, 0.25) is 5.02 Å². The molecule has 1 saturated heterocycles. The summed E-state index contributed by atoms with van der Waals surface area (Å²) in [6.07, 6.45) is 1.20. The van der Waals surface area contributed by atoms with Crippen molar-refractivity contribution in [2.45, 2.75) is 18.9 Å². The lowest BCUT2D eigenvalue weighted by molar-refractivity contribution is -0.133. The van der Waals surface area contributed by atoms with E-state index in [1.165, 1.54) is 0 Å². The van der Waals surface area contributed by atoms with Crippen molar-refractivity contribution in [1.29, 1.82) is 0 Å². The molecule has 140 valence electrons. The zero-order valence-corrected chi connectivity index (χ0v) is 16.5. The van der Waals surface area contributed by atoms with E-state index in [2.05, 4.69) is 0 Å². The van der Waals surface area contributed by atoms with Gasteiger partial charge in [-0.25, -0.2) is 0 Å². The van der Waals surface area contributed by atoms with Gasteiger partial charge >= 0.3 is 0 Å². The Kier molecular flexibility index (Phi) is 5.41. The highest BCUT2D eigenvalue weighted by molar-refractivity contribution is 7.99. The molecule has 2 amide bonds. The molecule has 0 spiro atoms. The first-order valence-corrected chi connectivity index (χ1v) is 10.7. The largest absolute Gasteiger partial charge is 0.332 e. The van der Waals surface area contributed by atoms with Gasteiger partial charge < -0.3 is 9.80 Å². The maximum Gasteiger partial charge on any atom is 0.243 e. The summed E-state index contributed by atoms with van der Waals surface area (Å²) in [4.78, 5) is 29.2. The van der Waals surface area contributed by atoms with Gasteiger partial charge in [0, 0.05) is 35.2 Å². The van der Waals surface area contributed by atoms with Crippen molar-refractivity contribution in [3.05, 3.63) is 64.7 Å². The van der Waals surface area contributed by atoms with Gasteiger partial charge in [-0.3, -0.25) is 9.59 Å². The molecular formula is C21H21ClN2O2S. The van der Waals surface area contributed by atoms with Crippen LogP contribution in [0.25, 0.3) is 0 Å². The smallest absolute Gasteiger partial charge is 0.243 e. The first-order chi connectivity index (χ1) is 13.1. The van der Waals surface area contributed by atoms with Gasteiger partial charge in [-0.1, -0.05) is 41.9 Å². The van der Waals surface area contributed by atoms with Gasteiger partial charge in [0.1, 0.15) is 6.54 Å². The molecule has 4 rings (SSSR count). The summed E-state index contributed by atoms with van der Waals surface area (Å²) in [6, 6.07) is 15.6. The van der Waals surface area contributed by atoms with Crippen molar-refractivity contribution in [1.82, 2.24) is 4.90 Å². The molecular weight excluding hydrogens is 380 g/mol. The van der Waals surface area contributed by atoms with Gasteiger partial charge in [0.2, 0.25) is 11.8 Å². The van der Waals surface area contributed by atoms with E-state index in [9.17, 15) is 9.59 Å². The number of nitrogens with zero attached hydrogens (tertiary/aromatic N) is 2. The van der Waals surface area contributed by atoms with Crippen LogP contribution >= 0.6 is 23.4 Å². The molecule has 27 heavy (non-hydrogen) atoms. The highest BCUT2D eigenvalue weighted by Gasteiger charge is 2.32. The number of carbonyl (C=O) groups is 2. The van der Waals surface area contributed by atoms with Crippen LogP contribution in [0.15, 0.2) is 48.5 Å². The molecule has 2 heterocycles. The number of para-hydroxylation sites is 1. The second kappa shape index (κ2) is 7.95. The number of carbonyl (C=O) groups excluding carboxylic acids is 2. The average molecular weight is 401 g/mol. The van der Waals surface area contributed by atoms with E-state index in [4.69, 9.17) is 11.6 Å². The van der Waals surface area contributed by atoms with Gasteiger partial charge in [-0.05, 0) is 35.7 Å². The Hall–Kier alpha value is -1.98. The van der Waals surface area contributed by atoms with Crippen molar-refractivity contribution in [3.63, 3.8) is 0 Å². The minimum atomic E-state index is 0.000281. The second-order valence-electron chi connectivity index (χ2n) is 6.84. The Balaban J connectivity index is 1.56. The maximum atomic E-state index is 13.2. The van der Waals surface area contributed by atoms with Crippen molar-refractivity contribution >= 4 is 40.9 Å². The number of halogens is 1. The van der Waals surface area contributed by atoms with E-state index in [-0.39, 0.29) is 24.4 Å². The highest BCUT2D eigenvalue weighted by atomic mass is 35.5. The van der Waals surface area contributed by atoms with Crippen LogP contribution in [0.3, 0.4) is 0 Å². The fourth-order valence-corrected chi connectivity index (χ4v) is 4.97. The third-order valence-corrected chi connectivity index (χ3v) is 6.46. The van der Waals surface area contributed by atoms with Crippen LogP contribution in [0, 0.1) is 0 Å². The Labute approximate surface area is 168 Å². The lowest BCUT2D eigenvalue weighted by Crippen LogP contribution is -2.48. The van der Waals surface area contributed by atoms with Crippen molar-refractivity contribution < 1.29 is 9.59 Å². The molecule has 6 heteroatoms. The predicted molar refractivity (Wildman–Crippen MR) is 110 cm³/mol. The molecule has 0 aliphatic carbocycles. The number of rotatable bonds is 3. The standard InChI is InChI=1S/C21H21ClN2O2S/c22-17-8-5-16(6-9-17)19-14-27-12-11-23(19)21(26)13-24-18-4-2-1-3-15(18)7-10-20(24)25/h1-6,8-9,19H,7,10-14H2. The summed E-state index contributed by atoms with van der Waals surface area (Å²) in [6.45, 7) is 0.797. The van der Waals surface area contributed by atoms with E-state index < -0.39 is 0 Å². The highest BCUT2D eigenvalue weighted by Crippen LogP contribution is 2.32. The maximum absolute atomic E-state index is 13.2. The van der Waals surface area contributed by atoms with Crippen LogP contribution in [0.1, 0.15) is 23.6 Å². The van der Waals surface area contributed by atoms with E-state index in [0.717, 1.165) is 34.7 Å². The zero-order valence-electron chi connectivity index (χ0n) is 14.9. The third-order valence-electron chi connectivity index (χ3n) is 5.19. The molecule has 1 atom stereocenters. The van der Waals surface area contributed by atoms with Crippen molar-refractivity contribution in [2.75, 3.05) is 29.5 Å². The Morgan fingerprint density at radius 1 is 1.11 bits per heavy atom. The Bertz CT molecular complexity index is 856. The van der Waals surface area contributed by atoms with E-state index in [0.29, 0.717) is 18.0 Å². The molecule has 1 fully saturated rings. The number of thioether (sulfide) groups is 1. The van der Waals surface area contributed by atoms with Crippen LogP contribution in [-0.2, 0) is 16.0 Å². The molecule has 0 radical (unpaired) electrons. The normalized spacial score (nSPS) is 19.7. The zero-order chi connectivity index (χ0) is 18.8. The molecule has 1 unspecified atom stereocenters. The van der Waals surface area contributed by atoms with Gasteiger partial charge in [-0.15, -0.1) is 0 Å². The fourth-order valence-electron chi connectivity index (χ4n) is 3.76. The minimum Gasteiger partial charge on any atom is -0.332 e. The Morgan fingerprint density at radius 3 is 2.70 bits per heavy atom. The molecule has 4 nitrogen and oxygen atoms in total. The molecule has 0 bridgehead atoms. The molecule has 2 aliphatic heterocycles. The van der Waals surface area contributed by atoms with Crippen LogP contribution < -0.4 is 4.90 Å². The summed E-state index contributed by atoms with van der Waals surface area (Å²) in [5.74, 6) is 1.80. The van der Waals surface area contributed by atoms with E-state index >= 15 is 0 Å². The Morgan fingerprint density at radius 2 is 1.89 bits per heavy atom. The first-order valence-electron chi connectivity index (χ1n) is 9.14. The van der Waals surface area contributed by atoms with E-state index in [1.807, 2.05) is 65.2 Å². The number of hydrogen-bond donors (Lipinski definition) is 0. The SMILES string of the molecule is O=C1CCc2ccccc2N1CC(=O)N1CCSCC1c1ccc(Cl)cc1. The third kappa shape index (κ3) is 3.85. The average Bonchev–Trinajstić information content (AvgIpc) is 2.71. The number of hydrogen-bond acceptors (Lipinski definition) is 3. The fraction of sp³-hybridized carbons (Fsp3) is 0.333. The number of benzene rings is 2. The second-order valence-corrected chi connectivity index (χ2v) is 8.42. The summed E-state index contributed by atoms with van der Waals surface area (Å²) in [5.41, 5.74) is 3.09. The molecule has 2 aromatic carbocycles. The summed E-state index contributed by atoms with van der Waals surface area (Å²) < 4.78 is 0. The van der Waals surface area contributed by atoms with E-state index in [1.54, 1.807) is 4.90 Å². The quantitative estimate of drug-likeness (QED) is 0.783. The van der Waals surface area contributed by atoms with Gasteiger partial charge in [-0.2, -0.15) is 11.8 Å². The molecule has 0 aromatic heterocycles. The lowest BCUT2D eigenvalue weighted by Gasteiger charge is -2.38. The monoisotopic (exact) mass is 400 g/mol. The van der Waals surface area contributed by atoms with Gasteiger partial charge in [0.15, 0.2) is 0 Å². The first kappa shape index (κ1) is 18.4. The lowest BCUT2D eigenvalue weighted by atomic mass is 10.0. The number of fused-ring (bicyclic) bond motifs is 1. The predicted octanol–water partition coefficient (Wildman–Crippen LogP) is 3.94. The number of amides is 2. The molecule has 2 aromatic rings. The molecule has 0 N–H and O–H groups in total. The van der Waals surface area contributed by atoms with Crippen LogP contribution in [0.5, 0.6) is 0 Å². The van der Waals surface area contributed by atoms with Crippen LogP contribution in [0.4, 0.5) is 5.69 Å². The summed E-state index contributed by atoms with van der Waals surface area (Å²) >= 11 is 7.86. The van der Waals surface area contributed by atoms with Gasteiger partial charge in [0.05, 0.1) is 6.04 Å². The topological polar surface area (TPSA) is 40.6 Å². The summed E-state index contributed by atoms with van der Waals surface area (Å²) in [7, 11) is 0. The number of anilines is 1. The molecule has 2 aliphatic rings. The van der Waals surface area contributed by atoms with Gasteiger partial charge in [0.25, 0.3) is 0 Å². The molecule has 0 saturated carbocycles. The van der Waals surface area contributed by atoms with Crippen LogP contribution in [-0.4, -0.2) is 41.3 Å². The summed E-state index contributed by atoms with van der Waals surface area (Å²) in [5, 5.41) is 0.690.